The summed E-state index contributed by atoms with van der Waals surface area (Å²) in [6.07, 6.45) is 3.59. The quantitative estimate of drug-likeness (QED) is 0.632. The zero-order valence-electron chi connectivity index (χ0n) is 14.9. The molecular formula is C20H21N3OS2. The van der Waals surface area contributed by atoms with Crippen LogP contribution in [0.3, 0.4) is 0 Å². The van der Waals surface area contributed by atoms with Crippen LogP contribution in [0.25, 0.3) is 16.3 Å². The highest BCUT2D eigenvalue weighted by atomic mass is 32.1. The first-order valence-electron chi connectivity index (χ1n) is 8.73. The molecule has 0 unspecified atom stereocenters. The molecule has 26 heavy (non-hydrogen) atoms. The van der Waals surface area contributed by atoms with Gasteiger partial charge in [0, 0.05) is 37.1 Å². The largest absolute Gasteiger partial charge is 0.345 e. The number of fused-ring (bicyclic) bond motifs is 1. The van der Waals surface area contributed by atoms with Crippen LogP contribution < -0.4 is 4.90 Å². The lowest BCUT2D eigenvalue weighted by Crippen LogP contribution is -2.48. The lowest BCUT2D eigenvalue weighted by atomic mass is 10.1. The van der Waals surface area contributed by atoms with Gasteiger partial charge in [-0.1, -0.05) is 17.4 Å². The molecule has 0 saturated carbocycles. The molecule has 0 spiro atoms. The van der Waals surface area contributed by atoms with Gasteiger partial charge in [0.15, 0.2) is 5.13 Å². The van der Waals surface area contributed by atoms with Crippen LogP contribution in [0.2, 0.25) is 0 Å². The van der Waals surface area contributed by atoms with Crippen LogP contribution in [0.1, 0.15) is 16.0 Å². The van der Waals surface area contributed by atoms with Gasteiger partial charge in [0.25, 0.3) is 0 Å². The highest BCUT2D eigenvalue weighted by Crippen LogP contribution is 2.31. The Kier molecular flexibility index (Phi) is 4.78. The van der Waals surface area contributed by atoms with Gasteiger partial charge < -0.3 is 9.80 Å². The van der Waals surface area contributed by atoms with E-state index in [-0.39, 0.29) is 5.91 Å². The third-order valence-electron chi connectivity index (χ3n) is 4.79. The molecule has 3 heterocycles. The first kappa shape index (κ1) is 17.2. The number of anilines is 1. The second-order valence-electron chi connectivity index (χ2n) is 6.56. The summed E-state index contributed by atoms with van der Waals surface area (Å²) in [6.45, 7) is 7.40. The summed E-state index contributed by atoms with van der Waals surface area (Å²) in [6, 6.07) is 8.40. The van der Waals surface area contributed by atoms with Crippen molar-refractivity contribution in [2.24, 2.45) is 0 Å². The molecule has 6 heteroatoms. The SMILES string of the molecule is Cc1cc2nc(N3CCN(C(=O)/C=C/c4cccs4)CC3)sc2cc1C. The molecule has 2 aromatic heterocycles. The molecule has 134 valence electrons. The van der Waals surface area contributed by atoms with Crippen molar-refractivity contribution in [3.63, 3.8) is 0 Å². The maximum absolute atomic E-state index is 12.4. The third-order valence-corrected chi connectivity index (χ3v) is 6.70. The third kappa shape index (κ3) is 3.52. The molecule has 4 nitrogen and oxygen atoms in total. The number of thiazole rings is 1. The second-order valence-corrected chi connectivity index (χ2v) is 8.55. The summed E-state index contributed by atoms with van der Waals surface area (Å²) in [5.41, 5.74) is 3.66. The molecule has 0 bridgehead atoms. The Labute approximate surface area is 161 Å². The van der Waals surface area contributed by atoms with Crippen LogP contribution >= 0.6 is 22.7 Å². The van der Waals surface area contributed by atoms with Gasteiger partial charge in [-0.3, -0.25) is 4.79 Å². The Balaban J connectivity index is 1.41. The summed E-state index contributed by atoms with van der Waals surface area (Å²) < 4.78 is 1.24. The maximum atomic E-state index is 12.4. The number of hydrogen-bond donors (Lipinski definition) is 0. The van der Waals surface area contributed by atoms with Crippen LogP contribution in [0.15, 0.2) is 35.7 Å². The number of thiophene rings is 1. The maximum Gasteiger partial charge on any atom is 0.246 e. The molecular weight excluding hydrogens is 362 g/mol. The summed E-state index contributed by atoms with van der Waals surface area (Å²) in [4.78, 5) is 22.5. The number of carbonyl (C=O) groups is 1. The molecule has 0 atom stereocenters. The molecule has 1 saturated heterocycles. The summed E-state index contributed by atoms with van der Waals surface area (Å²) in [5.74, 6) is 0.0913. The van der Waals surface area contributed by atoms with Crippen molar-refractivity contribution in [2.75, 3.05) is 31.1 Å². The number of carbonyl (C=O) groups excluding carboxylic acids is 1. The van der Waals surface area contributed by atoms with Crippen LogP contribution in [0, 0.1) is 13.8 Å². The molecule has 1 aromatic carbocycles. The summed E-state index contributed by atoms with van der Waals surface area (Å²) >= 11 is 3.38. The molecule has 1 amide bonds. The average molecular weight is 384 g/mol. The van der Waals surface area contributed by atoms with Crippen LogP contribution in [-0.4, -0.2) is 42.0 Å². The zero-order chi connectivity index (χ0) is 18.1. The predicted molar refractivity (Wildman–Crippen MR) is 111 cm³/mol. The number of amides is 1. The molecule has 0 N–H and O–H groups in total. The number of piperazine rings is 1. The summed E-state index contributed by atoms with van der Waals surface area (Å²) in [5, 5.41) is 3.08. The highest BCUT2D eigenvalue weighted by Gasteiger charge is 2.22. The van der Waals surface area contributed by atoms with Crippen molar-refractivity contribution in [3.05, 3.63) is 51.7 Å². The van der Waals surface area contributed by atoms with Gasteiger partial charge in [0.1, 0.15) is 0 Å². The normalized spacial score (nSPS) is 15.3. The van der Waals surface area contributed by atoms with E-state index >= 15 is 0 Å². The molecule has 0 radical (unpaired) electrons. The van der Waals surface area contributed by atoms with Gasteiger partial charge in [-0.2, -0.15) is 0 Å². The molecule has 4 rings (SSSR count). The zero-order valence-corrected chi connectivity index (χ0v) is 16.6. The molecule has 1 aliphatic rings. The average Bonchev–Trinajstić information content (AvgIpc) is 3.30. The fourth-order valence-corrected chi connectivity index (χ4v) is 4.78. The van der Waals surface area contributed by atoms with Crippen molar-refractivity contribution in [1.29, 1.82) is 0 Å². The lowest BCUT2D eigenvalue weighted by Gasteiger charge is -2.34. The van der Waals surface area contributed by atoms with Crippen molar-refractivity contribution < 1.29 is 4.79 Å². The van der Waals surface area contributed by atoms with E-state index in [0.29, 0.717) is 0 Å². The topological polar surface area (TPSA) is 36.4 Å². The number of benzene rings is 1. The van der Waals surface area contributed by atoms with Crippen molar-refractivity contribution in [2.45, 2.75) is 13.8 Å². The van der Waals surface area contributed by atoms with Crippen LogP contribution in [-0.2, 0) is 4.79 Å². The van der Waals surface area contributed by atoms with Crippen LogP contribution in [0.4, 0.5) is 5.13 Å². The standard InChI is InChI=1S/C20H21N3OS2/c1-14-12-17-18(13-15(14)2)26-20(21-17)23-9-7-22(8-10-23)19(24)6-5-16-4-3-11-25-16/h3-6,11-13H,7-10H2,1-2H3/b6-5+. The Morgan fingerprint density at radius 3 is 2.65 bits per heavy atom. The minimum absolute atomic E-state index is 0.0913. The monoisotopic (exact) mass is 383 g/mol. The second kappa shape index (κ2) is 7.21. The molecule has 0 aliphatic carbocycles. The number of rotatable bonds is 3. The Morgan fingerprint density at radius 2 is 1.92 bits per heavy atom. The summed E-state index contributed by atoms with van der Waals surface area (Å²) in [7, 11) is 0. The first-order valence-corrected chi connectivity index (χ1v) is 10.4. The van der Waals surface area contributed by atoms with E-state index in [1.165, 1.54) is 15.8 Å². The predicted octanol–water partition coefficient (Wildman–Crippen LogP) is 4.34. The number of aryl methyl sites for hydroxylation is 2. The van der Waals surface area contributed by atoms with Gasteiger partial charge in [0.05, 0.1) is 10.2 Å². The van der Waals surface area contributed by atoms with Crippen molar-refractivity contribution in [3.8, 4) is 0 Å². The van der Waals surface area contributed by atoms with Gasteiger partial charge in [-0.05, 0) is 54.6 Å². The van der Waals surface area contributed by atoms with Gasteiger partial charge in [-0.25, -0.2) is 4.98 Å². The van der Waals surface area contributed by atoms with E-state index < -0.39 is 0 Å². The van der Waals surface area contributed by atoms with E-state index in [1.807, 2.05) is 28.5 Å². The van der Waals surface area contributed by atoms with E-state index in [1.54, 1.807) is 28.7 Å². The van der Waals surface area contributed by atoms with E-state index in [9.17, 15) is 4.79 Å². The van der Waals surface area contributed by atoms with Gasteiger partial charge in [0.2, 0.25) is 5.91 Å². The van der Waals surface area contributed by atoms with Gasteiger partial charge >= 0.3 is 0 Å². The fourth-order valence-electron chi connectivity index (χ4n) is 3.07. The minimum Gasteiger partial charge on any atom is -0.345 e. The molecule has 1 aliphatic heterocycles. The number of aromatic nitrogens is 1. The Hall–Kier alpha value is -2.18. The van der Waals surface area contributed by atoms with E-state index in [4.69, 9.17) is 4.98 Å². The lowest BCUT2D eigenvalue weighted by molar-refractivity contribution is -0.126. The highest BCUT2D eigenvalue weighted by molar-refractivity contribution is 7.22. The van der Waals surface area contributed by atoms with Gasteiger partial charge in [-0.15, -0.1) is 11.3 Å². The number of nitrogens with zero attached hydrogens (tertiary/aromatic N) is 3. The smallest absolute Gasteiger partial charge is 0.246 e. The molecule has 3 aromatic rings. The minimum atomic E-state index is 0.0913. The van der Waals surface area contributed by atoms with Crippen LogP contribution in [0.5, 0.6) is 0 Å². The van der Waals surface area contributed by atoms with E-state index in [0.717, 1.165) is 41.7 Å². The van der Waals surface area contributed by atoms with Crippen molar-refractivity contribution in [1.82, 2.24) is 9.88 Å². The number of hydrogen-bond acceptors (Lipinski definition) is 5. The van der Waals surface area contributed by atoms with E-state index in [2.05, 4.69) is 30.9 Å². The first-order chi connectivity index (χ1) is 12.6. The Bertz CT molecular complexity index is 912. The molecule has 1 fully saturated rings. The fraction of sp³-hybridized carbons (Fsp3) is 0.300. The Morgan fingerprint density at radius 1 is 1.15 bits per heavy atom. The van der Waals surface area contributed by atoms with Crippen molar-refractivity contribution >= 4 is 50.0 Å².